The smallest absolute Gasteiger partial charge is 0.131 e. The third kappa shape index (κ3) is 2.73. The molecule has 0 unspecified atom stereocenters. The fourth-order valence-corrected chi connectivity index (χ4v) is 1.06. The molecule has 14 heavy (non-hydrogen) atoms. The van der Waals surface area contributed by atoms with Gasteiger partial charge in [0.15, 0.2) is 0 Å². The van der Waals surface area contributed by atoms with E-state index in [0.29, 0.717) is 18.4 Å². The lowest BCUT2D eigenvalue weighted by atomic mass is 10.1. The molecule has 0 spiro atoms. The Labute approximate surface area is 84.2 Å². The lowest BCUT2D eigenvalue weighted by Gasteiger charge is -2.11. The highest BCUT2D eigenvalue weighted by molar-refractivity contribution is 5.39. The second kappa shape index (κ2) is 5.21. The Bertz CT molecular complexity index is 290. The van der Waals surface area contributed by atoms with Crippen molar-refractivity contribution in [1.82, 2.24) is 0 Å². The number of hydrogen-bond acceptors (Lipinski definition) is 4. The molecule has 0 atom stereocenters. The van der Waals surface area contributed by atoms with Crippen LogP contribution in [0.2, 0.25) is 0 Å². The topological polar surface area (TPSA) is 92.5 Å². The number of nitrogens with two attached hydrogens (primary N) is 2. The van der Waals surface area contributed by atoms with Gasteiger partial charge in [0, 0.05) is 12.0 Å². The number of hydrogen-bond donors (Lipinski definition) is 4. The first-order valence-corrected chi connectivity index (χ1v) is 4.50. The van der Waals surface area contributed by atoms with Crippen LogP contribution < -0.4 is 11.5 Å². The van der Waals surface area contributed by atoms with Crippen molar-refractivity contribution < 1.29 is 10.2 Å². The van der Waals surface area contributed by atoms with Crippen LogP contribution in [0.25, 0.3) is 0 Å². The second-order valence-corrected chi connectivity index (χ2v) is 2.91. The average molecular weight is 198 g/mol. The van der Waals surface area contributed by atoms with Crippen LogP contribution >= 0.6 is 0 Å². The fourth-order valence-electron chi connectivity index (χ4n) is 1.06. The third-order valence-corrected chi connectivity index (χ3v) is 1.96. The predicted molar refractivity (Wildman–Crippen MR) is 57.4 cm³/mol. The summed E-state index contributed by atoms with van der Waals surface area (Å²) in [7, 11) is 0. The number of aliphatic hydroxyl groups is 2. The van der Waals surface area contributed by atoms with E-state index in [1.54, 1.807) is 6.92 Å². The minimum Gasteiger partial charge on any atom is -0.510 e. The van der Waals surface area contributed by atoms with Gasteiger partial charge < -0.3 is 21.7 Å². The first-order valence-electron chi connectivity index (χ1n) is 4.50. The molecule has 6 N–H and O–H groups in total. The summed E-state index contributed by atoms with van der Waals surface area (Å²) >= 11 is 0. The van der Waals surface area contributed by atoms with Gasteiger partial charge in [-0.25, -0.2) is 0 Å². The maximum absolute atomic E-state index is 9.41. The van der Waals surface area contributed by atoms with E-state index >= 15 is 0 Å². The third-order valence-electron chi connectivity index (χ3n) is 1.96. The summed E-state index contributed by atoms with van der Waals surface area (Å²) in [4.78, 5) is 0. The first kappa shape index (κ1) is 12.4. The van der Waals surface area contributed by atoms with Crippen LogP contribution in [0.1, 0.15) is 26.7 Å². The van der Waals surface area contributed by atoms with E-state index in [0.717, 1.165) is 0 Å². The molecule has 0 rings (SSSR count). The van der Waals surface area contributed by atoms with E-state index in [-0.39, 0.29) is 22.9 Å². The van der Waals surface area contributed by atoms with Gasteiger partial charge in [0.25, 0.3) is 0 Å². The normalized spacial score (nSPS) is 14.4. The molecule has 0 heterocycles. The van der Waals surface area contributed by atoms with E-state index in [1.807, 2.05) is 6.92 Å². The standard InChI is InChI=1S/C10H18N2O2/c1-4-7(9(11)6(3)13)10(12)8(14)5-2/h13-14H,3-5,11-12H2,1-2H3/b9-7-,10-8-. The molecule has 4 heteroatoms. The van der Waals surface area contributed by atoms with E-state index in [9.17, 15) is 5.11 Å². The van der Waals surface area contributed by atoms with Gasteiger partial charge in [-0.2, -0.15) is 0 Å². The minimum atomic E-state index is -0.228. The molecule has 0 saturated heterocycles. The summed E-state index contributed by atoms with van der Waals surface area (Å²) in [6.45, 7) is 6.92. The molecule has 80 valence electrons. The van der Waals surface area contributed by atoms with Gasteiger partial charge in [-0.05, 0) is 6.42 Å². The van der Waals surface area contributed by atoms with Crippen LogP contribution in [0.5, 0.6) is 0 Å². The molecule has 0 saturated carbocycles. The van der Waals surface area contributed by atoms with Gasteiger partial charge in [-0.1, -0.05) is 20.4 Å². The van der Waals surface area contributed by atoms with Gasteiger partial charge in [0.2, 0.25) is 0 Å². The van der Waals surface area contributed by atoms with Crippen LogP contribution in [-0.2, 0) is 0 Å². The summed E-state index contributed by atoms with van der Waals surface area (Å²) in [6, 6.07) is 0. The van der Waals surface area contributed by atoms with Gasteiger partial charge in [-0.3, -0.25) is 0 Å². The van der Waals surface area contributed by atoms with Crippen LogP contribution in [0.15, 0.2) is 35.1 Å². The monoisotopic (exact) mass is 198 g/mol. The van der Waals surface area contributed by atoms with E-state index < -0.39 is 0 Å². The maximum atomic E-state index is 9.41. The van der Waals surface area contributed by atoms with Crippen molar-refractivity contribution in [2.75, 3.05) is 0 Å². The molecule has 0 radical (unpaired) electrons. The molecule has 0 bridgehead atoms. The first-order chi connectivity index (χ1) is 6.45. The van der Waals surface area contributed by atoms with Gasteiger partial charge in [0.1, 0.15) is 11.5 Å². The molecule has 0 amide bonds. The molecule has 0 aliphatic carbocycles. The lowest BCUT2D eigenvalue weighted by molar-refractivity contribution is 0.386. The zero-order valence-electron chi connectivity index (χ0n) is 8.67. The van der Waals surface area contributed by atoms with Crippen molar-refractivity contribution in [1.29, 1.82) is 0 Å². The molecule has 0 aromatic heterocycles. The van der Waals surface area contributed by atoms with Gasteiger partial charge in [-0.15, -0.1) is 0 Å². The van der Waals surface area contributed by atoms with E-state index in [4.69, 9.17) is 16.6 Å². The molecule has 0 aromatic carbocycles. The molecular weight excluding hydrogens is 180 g/mol. The Morgan fingerprint density at radius 3 is 1.86 bits per heavy atom. The fraction of sp³-hybridized carbons (Fsp3) is 0.400. The van der Waals surface area contributed by atoms with Crippen molar-refractivity contribution in [2.24, 2.45) is 11.5 Å². The zero-order valence-corrected chi connectivity index (χ0v) is 8.67. The molecule has 0 fully saturated rings. The van der Waals surface area contributed by atoms with Crippen LogP contribution in [-0.4, -0.2) is 10.2 Å². The number of allylic oxidation sites excluding steroid dienone is 2. The SMILES string of the molecule is C=C(O)/C(N)=C(CC)/C(N)=C(/O)CC. The summed E-state index contributed by atoms with van der Waals surface area (Å²) in [6.07, 6.45) is 0.960. The molecule has 0 aromatic rings. The number of aliphatic hydroxyl groups excluding tert-OH is 2. The second-order valence-electron chi connectivity index (χ2n) is 2.91. The van der Waals surface area contributed by atoms with Crippen LogP contribution in [0, 0.1) is 0 Å². The highest BCUT2D eigenvalue weighted by atomic mass is 16.3. The predicted octanol–water partition coefficient (Wildman–Crippen LogP) is 1.82. The van der Waals surface area contributed by atoms with E-state index in [1.165, 1.54) is 0 Å². The highest BCUT2D eigenvalue weighted by Gasteiger charge is 2.10. The Morgan fingerprint density at radius 1 is 1.07 bits per heavy atom. The molecular formula is C10H18N2O2. The van der Waals surface area contributed by atoms with Gasteiger partial charge >= 0.3 is 0 Å². The minimum absolute atomic E-state index is 0.0750. The summed E-state index contributed by atoms with van der Waals surface area (Å²) in [5.41, 5.74) is 12.1. The lowest BCUT2D eigenvalue weighted by Crippen LogP contribution is -2.13. The Kier molecular flexibility index (Phi) is 4.63. The average Bonchev–Trinajstić information content (AvgIpc) is 2.17. The van der Waals surface area contributed by atoms with Crippen molar-refractivity contribution >= 4 is 0 Å². The van der Waals surface area contributed by atoms with Crippen molar-refractivity contribution in [2.45, 2.75) is 26.7 Å². The Balaban J connectivity index is 5.30. The van der Waals surface area contributed by atoms with Crippen molar-refractivity contribution in [3.05, 3.63) is 35.1 Å². The summed E-state index contributed by atoms with van der Waals surface area (Å²) in [5, 5.41) is 18.5. The highest BCUT2D eigenvalue weighted by Crippen LogP contribution is 2.18. The Morgan fingerprint density at radius 2 is 1.57 bits per heavy atom. The van der Waals surface area contributed by atoms with Crippen molar-refractivity contribution in [3.8, 4) is 0 Å². The molecule has 0 aliphatic heterocycles. The molecule has 0 aliphatic rings. The molecule has 4 nitrogen and oxygen atoms in total. The zero-order chi connectivity index (χ0) is 11.3. The number of rotatable bonds is 4. The van der Waals surface area contributed by atoms with Crippen molar-refractivity contribution in [3.63, 3.8) is 0 Å². The Hall–Kier alpha value is -1.58. The summed E-state index contributed by atoms with van der Waals surface area (Å²) in [5.74, 6) is -0.153. The van der Waals surface area contributed by atoms with Crippen LogP contribution in [0.3, 0.4) is 0 Å². The largest absolute Gasteiger partial charge is 0.510 e. The summed E-state index contributed by atoms with van der Waals surface area (Å²) < 4.78 is 0. The maximum Gasteiger partial charge on any atom is 0.131 e. The quantitative estimate of drug-likeness (QED) is 0.409. The van der Waals surface area contributed by atoms with E-state index in [2.05, 4.69) is 6.58 Å². The van der Waals surface area contributed by atoms with Gasteiger partial charge in [0.05, 0.1) is 11.4 Å². The van der Waals surface area contributed by atoms with Crippen LogP contribution in [0.4, 0.5) is 0 Å².